The van der Waals surface area contributed by atoms with Crippen LogP contribution in [0.4, 0.5) is 5.82 Å². The minimum absolute atomic E-state index is 0.00514. The van der Waals surface area contributed by atoms with Crippen molar-refractivity contribution >= 4 is 17.6 Å². The number of primary amides is 1. The molecule has 1 fully saturated rings. The monoisotopic (exact) mass is 290 g/mol. The van der Waals surface area contributed by atoms with E-state index in [1.807, 2.05) is 13.8 Å². The summed E-state index contributed by atoms with van der Waals surface area (Å²) in [6.45, 7) is 8.26. The fraction of sp³-hybridized carbons (Fsp3) is 0.533. The zero-order valence-electron chi connectivity index (χ0n) is 12.9. The number of allylic oxidation sites excluding steroid dienone is 2. The minimum atomic E-state index is -0.470. The molecule has 114 valence electrons. The number of hydrogen-bond acceptors (Lipinski definition) is 3. The second-order valence-corrected chi connectivity index (χ2v) is 6.42. The summed E-state index contributed by atoms with van der Waals surface area (Å²) >= 11 is 0. The quantitative estimate of drug-likeness (QED) is 0.806. The Labute approximate surface area is 124 Å². The number of amides is 2. The maximum atomic E-state index is 12.3. The van der Waals surface area contributed by atoms with Crippen molar-refractivity contribution in [1.29, 1.82) is 0 Å². The average Bonchev–Trinajstić information content (AvgIpc) is 2.67. The standard InChI is InChI=1S/C15H22N4O2/c1-9(2)7-10-13(15(10,3)4)14(21)17-12-5-6-19(18-12)8-11(16)20/h5-7,10,13H,8H2,1-4H3,(H2,16,20)(H,17,18,21). The molecular formula is C15H22N4O2. The van der Waals surface area contributed by atoms with E-state index in [0.717, 1.165) is 0 Å². The number of nitrogens with zero attached hydrogens (tertiary/aromatic N) is 2. The second kappa shape index (κ2) is 5.35. The van der Waals surface area contributed by atoms with Gasteiger partial charge in [0, 0.05) is 12.3 Å². The summed E-state index contributed by atoms with van der Waals surface area (Å²) in [5.41, 5.74) is 6.29. The number of hydrogen-bond donors (Lipinski definition) is 2. The van der Waals surface area contributed by atoms with Gasteiger partial charge in [-0.2, -0.15) is 5.10 Å². The zero-order chi connectivity index (χ0) is 15.8. The maximum Gasteiger partial charge on any atom is 0.239 e. The Kier molecular flexibility index (Phi) is 3.89. The first kappa shape index (κ1) is 15.3. The van der Waals surface area contributed by atoms with Gasteiger partial charge in [0.15, 0.2) is 5.82 Å². The Morgan fingerprint density at radius 3 is 2.71 bits per heavy atom. The Balaban J connectivity index is 2.01. The number of anilines is 1. The van der Waals surface area contributed by atoms with Crippen molar-refractivity contribution in [2.24, 2.45) is 23.0 Å². The highest BCUT2D eigenvalue weighted by atomic mass is 16.2. The third kappa shape index (κ3) is 3.32. The maximum absolute atomic E-state index is 12.3. The van der Waals surface area contributed by atoms with E-state index in [2.05, 4.69) is 30.3 Å². The molecule has 2 unspecified atom stereocenters. The van der Waals surface area contributed by atoms with E-state index in [9.17, 15) is 9.59 Å². The SMILES string of the molecule is CC(C)=CC1C(C(=O)Nc2ccn(CC(N)=O)n2)C1(C)C. The third-order valence-corrected chi connectivity index (χ3v) is 3.92. The van der Waals surface area contributed by atoms with Gasteiger partial charge >= 0.3 is 0 Å². The lowest BCUT2D eigenvalue weighted by Crippen LogP contribution is -2.20. The van der Waals surface area contributed by atoms with Crippen LogP contribution in [0.1, 0.15) is 27.7 Å². The van der Waals surface area contributed by atoms with Crippen molar-refractivity contribution in [3.63, 3.8) is 0 Å². The van der Waals surface area contributed by atoms with Crippen LogP contribution in [0, 0.1) is 17.3 Å². The van der Waals surface area contributed by atoms with Gasteiger partial charge < -0.3 is 11.1 Å². The molecule has 2 rings (SSSR count). The summed E-state index contributed by atoms with van der Waals surface area (Å²) in [4.78, 5) is 23.1. The smallest absolute Gasteiger partial charge is 0.239 e. The van der Waals surface area contributed by atoms with Gasteiger partial charge in [-0.15, -0.1) is 0 Å². The van der Waals surface area contributed by atoms with Crippen LogP contribution >= 0.6 is 0 Å². The number of nitrogens with one attached hydrogen (secondary N) is 1. The Morgan fingerprint density at radius 2 is 2.14 bits per heavy atom. The molecule has 0 spiro atoms. The van der Waals surface area contributed by atoms with Crippen LogP contribution in [0.15, 0.2) is 23.9 Å². The van der Waals surface area contributed by atoms with Crippen LogP contribution < -0.4 is 11.1 Å². The lowest BCUT2D eigenvalue weighted by Gasteiger charge is -2.03. The molecule has 0 bridgehead atoms. The van der Waals surface area contributed by atoms with Crippen molar-refractivity contribution in [3.05, 3.63) is 23.9 Å². The van der Waals surface area contributed by atoms with Gasteiger partial charge in [0.05, 0.1) is 5.92 Å². The normalized spacial score (nSPS) is 22.5. The number of rotatable bonds is 5. The van der Waals surface area contributed by atoms with Gasteiger partial charge in [-0.3, -0.25) is 14.3 Å². The molecule has 1 saturated carbocycles. The van der Waals surface area contributed by atoms with Crippen LogP contribution in [0.25, 0.3) is 0 Å². The molecule has 1 heterocycles. The minimum Gasteiger partial charge on any atom is -0.368 e. The van der Waals surface area contributed by atoms with Crippen molar-refractivity contribution in [2.45, 2.75) is 34.2 Å². The number of nitrogens with two attached hydrogens (primary N) is 1. The van der Waals surface area contributed by atoms with Gasteiger partial charge in [-0.1, -0.05) is 25.5 Å². The van der Waals surface area contributed by atoms with Gasteiger partial charge in [0.1, 0.15) is 6.54 Å². The van der Waals surface area contributed by atoms with Crippen molar-refractivity contribution in [3.8, 4) is 0 Å². The Bertz CT molecular complexity index is 597. The Morgan fingerprint density at radius 1 is 1.48 bits per heavy atom. The van der Waals surface area contributed by atoms with Gasteiger partial charge in [-0.25, -0.2) is 0 Å². The zero-order valence-corrected chi connectivity index (χ0v) is 12.9. The average molecular weight is 290 g/mol. The molecule has 6 heteroatoms. The first-order chi connectivity index (χ1) is 9.71. The van der Waals surface area contributed by atoms with Crippen LogP contribution in [0.2, 0.25) is 0 Å². The predicted molar refractivity (Wildman–Crippen MR) is 80.2 cm³/mol. The summed E-state index contributed by atoms with van der Waals surface area (Å²) in [5, 5.41) is 6.91. The molecule has 1 aromatic rings. The fourth-order valence-corrected chi connectivity index (χ4v) is 2.73. The molecular weight excluding hydrogens is 268 g/mol. The fourth-order valence-electron chi connectivity index (χ4n) is 2.73. The highest BCUT2D eigenvalue weighted by Gasteiger charge is 2.60. The molecule has 0 saturated heterocycles. The van der Waals surface area contributed by atoms with Crippen LogP contribution in [0.3, 0.4) is 0 Å². The molecule has 0 aromatic carbocycles. The van der Waals surface area contributed by atoms with Crippen LogP contribution in [-0.4, -0.2) is 21.6 Å². The molecule has 1 aliphatic rings. The van der Waals surface area contributed by atoms with E-state index in [1.165, 1.54) is 10.3 Å². The van der Waals surface area contributed by atoms with Crippen molar-refractivity contribution in [1.82, 2.24) is 9.78 Å². The van der Waals surface area contributed by atoms with Crippen LogP contribution in [0.5, 0.6) is 0 Å². The van der Waals surface area contributed by atoms with Crippen LogP contribution in [-0.2, 0) is 16.1 Å². The molecule has 21 heavy (non-hydrogen) atoms. The highest BCUT2D eigenvalue weighted by molar-refractivity contribution is 5.95. The van der Waals surface area contributed by atoms with Crippen molar-refractivity contribution < 1.29 is 9.59 Å². The van der Waals surface area contributed by atoms with E-state index < -0.39 is 5.91 Å². The Hall–Kier alpha value is -2.11. The predicted octanol–water partition coefficient (Wildman–Crippen LogP) is 1.55. The molecule has 2 atom stereocenters. The topological polar surface area (TPSA) is 90.0 Å². The number of carbonyl (C=O) groups is 2. The van der Waals surface area contributed by atoms with E-state index in [4.69, 9.17) is 5.73 Å². The largest absolute Gasteiger partial charge is 0.368 e. The second-order valence-electron chi connectivity index (χ2n) is 6.42. The van der Waals surface area contributed by atoms with E-state index in [1.54, 1.807) is 12.3 Å². The number of carbonyl (C=O) groups excluding carboxylic acids is 2. The lowest BCUT2D eigenvalue weighted by molar-refractivity contribution is -0.119. The summed E-state index contributed by atoms with van der Waals surface area (Å²) in [5.74, 6) is 0.151. The molecule has 6 nitrogen and oxygen atoms in total. The first-order valence-corrected chi connectivity index (χ1v) is 6.99. The van der Waals surface area contributed by atoms with Gasteiger partial charge in [-0.05, 0) is 25.2 Å². The molecule has 0 aliphatic heterocycles. The molecule has 1 aliphatic carbocycles. The van der Waals surface area contributed by atoms with E-state index >= 15 is 0 Å². The van der Waals surface area contributed by atoms with Gasteiger partial charge in [0.2, 0.25) is 11.8 Å². The molecule has 2 amide bonds. The van der Waals surface area contributed by atoms with E-state index in [0.29, 0.717) is 5.82 Å². The van der Waals surface area contributed by atoms with Gasteiger partial charge in [0.25, 0.3) is 0 Å². The molecule has 0 radical (unpaired) electrons. The third-order valence-electron chi connectivity index (χ3n) is 3.92. The number of aromatic nitrogens is 2. The molecule has 1 aromatic heterocycles. The highest BCUT2D eigenvalue weighted by Crippen LogP contribution is 2.59. The summed E-state index contributed by atoms with van der Waals surface area (Å²) in [6.07, 6.45) is 3.77. The summed E-state index contributed by atoms with van der Waals surface area (Å²) in [7, 11) is 0. The molecule has 3 N–H and O–H groups in total. The van der Waals surface area contributed by atoms with Crippen molar-refractivity contribution in [2.75, 3.05) is 5.32 Å². The summed E-state index contributed by atoms with van der Waals surface area (Å²) in [6, 6.07) is 1.66. The summed E-state index contributed by atoms with van der Waals surface area (Å²) < 4.78 is 1.41. The van der Waals surface area contributed by atoms with E-state index in [-0.39, 0.29) is 29.7 Å². The lowest BCUT2D eigenvalue weighted by atomic mass is 10.1. The first-order valence-electron chi connectivity index (χ1n) is 6.99.